The molecule has 0 aliphatic heterocycles. The first-order valence-corrected chi connectivity index (χ1v) is 8.97. The lowest BCUT2D eigenvalue weighted by molar-refractivity contribution is -0.143. The summed E-state index contributed by atoms with van der Waals surface area (Å²) in [7, 11) is 0. The molecule has 0 amide bonds. The zero-order chi connectivity index (χ0) is 18.7. The molecule has 3 unspecified atom stereocenters. The standard InChI is InChI=1S/C16H29N5O2S/c1-5-8-12(16(22)23)13(14(17)20-21-19)9-11(7-3)24-15(18)10(4)6-2/h7,10,12-13,18H,5-6,8-9H2,1-4H3,(H,22,23)(H3,17,19,20). The second-order valence-corrected chi connectivity index (χ2v) is 6.87. The summed E-state index contributed by atoms with van der Waals surface area (Å²) < 4.78 is 0. The molecule has 0 spiro atoms. The van der Waals surface area contributed by atoms with Crippen molar-refractivity contribution in [1.29, 1.82) is 10.9 Å². The van der Waals surface area contributed by atoms with Gasteiger partial charge >= 0.3 is 5.97 Å². The number of nitrogens with zero attached hydrogens (tertiary/aromatic N) is 2. The van der Waals surface area contributed by atoms with Gasteiger partial charge in [-0.15, -0.1) is 5.10 Å². The molecule has 136 valence electrons. The summed E-state index contributed by atoms with van der Waals surface area (Å²) in [4.78, 5) is 12.5. The van der Waals surface area contributed by atoms with Gasteiger partial charge in [0.2, 0.25) is 0 Å². The Morgan fingerprint density at radius 3 is 2.42 bits per heavy atom. The highest BCUT2D eigenvalue weighted by molar-refractivity contribution is 8.17. The molecule has 0 fully saturated rings. The van der Waals surface area contributed by atoms with Crippen LogP contribution in [0, 0.1) is 28.7 Å². The van der Waals surface area contributed by atoms with E-state index in [2.05, 4.69) is 10.3 Å². The van der Waals surface area contributed by atoms with Gasteiger partial charge in [-0.25, -0.2) is 0 Å². The number of carboxylic acids is 1. The molecule has 0 rings (SSSR count). The van der Waals surface area contributed by atoms with Crippen molar-refractivity contribution in [2.24, 2.45) is 33.8 Å². The molecule has 0 heterocycles. The van der Waals surface area contributed by atoms with Crippen molar-refractivity contribution in [3.05, 3.63) is 11.0 Å². The van der Waals surface area contributed by atoms with Crippen molar-refractivity contribution in [3.63, 3.8) is 0 Å². The summed E-state index contributed by atoms with van der Waals surface area (Å²) in [6, 6.07) is 0. The van der Waals surface area contributed by atoms with E-state index in [9.17, 15) is 9.90 Å². The Bertz CT molecular complexity index is 505. The molecule has 0 aromatic carbocycles. The molecule has 0 saturated carbocycles. The van der Waals surface area contributed by atoms with Crippen LogP contribution in [0.25, 0.3) is 0 Å². The average Bonchev–Trinajstić information content (AvgIpc) is 2.55. The predicted octanol–water partition coefficient (Wildman–Crippen LogP) is 4.46. The van der Waals surface area contributed by atoms with E-state index in [1.165, 1.54) is 11.8 Å². The van der Waals surface area contributed by atoms with Gasteiger partial charge in [0.05, 0.1) is 11.0 Å². The molecular formula is C16H29N5O2S. The minimum Gasteiger partial charge on any atom is -0.481 e. The molecule has 0 aliphatic carbocycles. The fraction of sp³-hybridized carbons (Fsp3) is 0.688. The zero-order valence-corrected chi connectivity index (χ0v) is 15.7. The average molecular weight is 356 g/mol. The van der Waals surface area contributed by atoms with Gasteiger partial charge in [-0.3, -0.25) is 10.2 Å². The smallest absolute Gasteiger partial charge is 0.307 e. The lowest BCUT2D eigenvalue weighted by atomic mass is 9.85. The van der Waals surface area contributed by atoms with Crippen LogP contribution < -0.4 is 5.73 Å². The Balaban J connectivity index is 5.42. The summed E-state index contributed by atoms with van der Waals surface area (Å²) in [5.74, 6) is -1.94. The van der Waals surface area contributed by atoms with E-state index in [0.29, 0.717) is 24.3 Å². The molecule has 5 N–H and O–H groups in total. The highest BCUT2D eigenvalue weighted by Gasteiger charge is 2.31. The molecule has 24 heavy (non-hydrogen) atoms. The summed E-state index contributed by atoms with van der Waals surface area (Å²) >= 11 is 1.35. The van der Waals surface area contributed by atoms with Crippen LogP contribution in [-0.4, -0.2) is 22.0 Å². The first-order valence-electron chi connectivity index (χ1n) is 8.16. The number of amidine groups is 1. The Kier molecular flexibility index (Phi) is 10.9. The van der Waals surface area contributed by atoms with Crippen LogP contribution in [0.5, 0.6) is 0 Å². The number of carbonyl (C=O) groups is 1. The van der Waals surface area contributed by atoms with E-state index in [1.54, 1.807) is 0 Å². The van der Waals surface area contributed by atoms with E-state index in [-0.39, 0.29) is 11.8 Å². The van der Waals surface area contributed by atoms with Gasteiger partial charge in [0.25, 0.3) is 0 Å². The summed E-state index contributed by atoms with van der Waals surface area (Å²) in [5, 5.41) is 24.7. The van der Waals surface area contributed by atoms with Gasteiger partial charge in [0.15, 0.2) is 0 Å². The lowest BCUT2D eigenvalue weighted by Crippen LogP contribution is -2.35. The minimum atomic E-state index is -0.928. The second-order valence-electron chi connectivity index (χ2n) is 5.70. The topological polar surface area (TPSA) is 136 Å². The summed E-state index contributed by atoms with van der Waals surface area (Å²) in [6.07, 6.45) is 4.31. The van der Waals surface area contributed by atoms with Crippen molar-refractivity contribution >= 4 is 28.6 Å². The monoisotopic (exact) mass is 355 g/mol. The molecule has 0 saturated heterocycles. The van der Waals surface area contributed by atoms with Gasteiger partial charge < -0.3 is 10.8 Å². The number of thioether (sulfide) groups is 1. The number of carboxylic acid groups (broad SMARTS) is 1. The Labute approximate surface area is 148 Å². The molecule has 0 bridgehead atoms. The second kappa shape index (κ2) is 11.8. The predicted molar refractivity (Wildman–Crippen MR) is 99.4 cm³/mol. The van der Waals surface area contributed by atoms with Gasteiger partial charge in [-0.05, 0) is 31.1 Å². The number of aliphatic carboxylic acids is 1. The normalized spacial score (nSPS) is 16.3. The SMILES string of the molecule is CC=C(CC(C(N)=NN=N)C(CCC)C(=O)O)SC(=N)C(C)CC. The maximum atomic E-state index is 11.6. The summed E-state index contributed by atoms with van der Waals surface area (Å²) in [6.45, 7) is 7.80. The number of rotatable bonds is 11. The van der Waals surface area contributed by atoms with E-state index >= 15 is 0 Å². The van der Waals surface area contributed by atoms with E-state index in [4.69, 9.17) is 16.7 Å². The number of nitrogens with one attached hydrogen (secondary N) is 2. The maximum absolute atomic E-state index is 11.6. The van der Waals surface area contributed by atoms with Crippen molar-refractivity contribution in [2.45, 2.75) is 53.4 Å². The molecule has 7 nitrogen and oxygen atoms in total. The number of hydrogen-bond donors (Lipinski definition) is 4. The van der Waals surface area contributed by atoms with Crippen LogP contribution in [-0.2, 0) is 4.79 Å². The molecule has 3 atom stereocenters. The summed E-state index contributed by atoms with van der Waals surface area (Å²) in [5.41, 5.74) is 12.8. The van der Waals surface area contributed by atoms with Crippen molar-refractivity contribution < 1.29 is 9.90 Å². The van der Waals surface area contributed by atoms with E-state index < -0.39 is 17.8 Å². The molecule has 0 aliphatic rings. The van der Waals surface area contributed by atoms with Crippen molar-refractivity contribution in [2.75, 3.05) is 0 Å². The minimum absolute atomic E-state index is 0.0564. The third kappa shape index (κ3) is 7.25. The highest BCUT2D eigenvalue weighted by atomic mass is 32.2. The van der Waals surface area contributed by atoms with Crippen LogP contribution >= 0.6 is 11.8 Å². The van der Waals surface area contributed by atoms with Crippen LogP contribution in [0.2, 0.25) is 0 Å². The van der Waals surface area contributed by atoms with Gasteiger partial charge in [-0.2, -0.15) is 5.53 Å². The number of hydrogen-bond acceptors (Lipinski definition) is 5. The first kappa shape index (κ1) is 22.3. The fourth-order valence-electron chi connectivity index (χ4n) is 2.26. The maximum Gasteiger partial charge on any atom is 0.307 e. The number of allylic oxidation sites excluding steroid dienone is 2. The molecule has 0 aromatic heterocycles. The first-order chi connectivity index (χ1) is 11.3. The third-order valence-corrected chi connectivity index (χ3v) is 5.28. The van der Waals surface area contributed by atoms with Gasteiger partial charge in [-0.1, -0.05) is 50.3 Å². The Morgan fingerprint density at radius 2 is 2.00 bits per heavy atom. The van der Waals surface area contributed by atoms with E-state index in [0.717, 1.165) is 11.3 Å². The largest absolute Gasteiger partial charge is 0.481 e. The molecule has 0 radical (unpaired) electrons. The third-order valence-electron chi connectivity index (χ3n) is 3.99. The lowest BCUT2D eigenvalue weighted by Gasteiger charge is -2.24. The van der Waals surface area contributed by atoms with Gasteiger partial charge in [0.1, 0.15) is 5.84 Å². The van der Waals surface area contributed by atoms with Gasteiger partial charge in [0, 0.05) is 11.8 Å². The van der Waals surface area contributed by atoms with Crippen molar-refractivity contribution in [3.8, 4) is 0 Å². The quantitative estimate of drug-likeness (QED) is 0.188. The Hall–Kier alpha value is -1.70. The highest BCUT2D eigenvalue weighted by Crippen LogP contribution is 2.32. The van der Waals surface area contributed by atoms with Crippen molar-refractivity contribution in [1.82, 2.24) is 0 Å². The van der Waals surface area contributed by atoms with E-state index in [1.807, 2.05) is 33.8 Å². The Morgan fingerprint density at radius 1 is 1.38 bits per heavy atom. The molecular weight excluding hydrogens is 326 g/mol. The number of nitrogens with two attached hydrogens (primary N) is 1. The van der Waals surface area contributed by atoms with Crippen LogP contribution in [0.15, 0.2) is 21.3 Å². The van der Waals surface area contributed by atoms with Crippen LogP contribution in [0.4, 0.5) is 0 Å². The fourth-order valence-corrected chi connectivity index (χ4v) is 3.29. The molecule has 8 heteroatoms. The van der Waals surface area contributed by atoms with Crippen LogP contribution in [0.1, 0.15) is 53.4 Å². The van der Waals surface area contributed by atoms with Crippen LogP contribution in [0.3, 0.4) is 0 Å². The zero-order valence-electron chi connectivity index (χ0n) is 14.9. The molecule has 0 aromatic rings.